The molecule has 1 aliphatic carbocycles. The highest BCUT2D eigenvalue weighted by molar-refractivity contribution is 5.87. The Balaban J connectivity index is 1.92. The lowest BCUT2D eigenvalue weighted by Gasteiger charge is -2.26. The first kappa shape index (κ1) is 26.1. The van der Waals surface area contributed by atoms with Crippen LogP contribution in [0.3, 0.4) is 0 Å². The topological polar surface area (TPSA) is 102 Å². The van der Waals surface area contributed by atoms with Crippen LogP contribution in [0.1, 0.15) is 69.4 Å². The third kappa shape index (κ3) is 6.74. The van der Waals surface area contributed by atoms with Crippen LogP contribution in [0.5, 0.6) is 11.5 Å². The lowest BCUT2D eigenvalue weighted by Crippen LogP contribution is -2.34. The number of unbranched alkanes of at least 4 members (excludes halogenated alkanes) is 2. The Hall–Kier alpha value is -3.55. The second-order valence-electron chi connectivity index (χ2n) is 8.94. The first-order valence-electron chi connectivity index (χ1n) is 12.1. The van der Waals surface area contributed by atoms with Crippen molar-refractivity contribution in [3.8, 4) is 11.5 Å². The van der Waals surface area contributed by atoms with Gasteiger partial charge in [0.1, 0.15) is 11.5 Å². The monoisotopic (exact) mass is 482 g/mol. The van der Waals surface area contributed by atoms with Gasteiger partial charge in [-0.3, -0.25) is 10.1 Å². The molecule has 1 atom stereocenters. The summed E-state index contributed by atoms with van der Waals surface area (Å²) in [6, 6.07) is 9.38. The summed E-state index contributed by atoms with van der Waals surface area (Å²) in [5.74, 6) is 0.752. The standard InChI is InChI=1S/C27H34N2O6/c1-4-5-6-9-20-16-24(30)26(21-10-7-8-19(2)15-21)25(17-20)35-18-28(27(31)34-3)22-11-13-23(14-12-22)29(32)33/h11-17,21,30H,4-10,18H2,1-3H3. The number of phenols is 1. The second kappa shape index (κ2) is 12.2. The fourth-order valence-electron chi connectivity index (χ4n) is 4.45. The van der Waals surface area contributed by atoms with Gasteiger partial charge in [-0.25, -0.2) is 9.69 Å². The summed E-state index contributed by atoms with van der Waals surface area (Å²) in [4.78, 5) is 24.3. The van der Waals surface area contributed by atoms with Crippen LogP contribution in [0.15, 0.2) is 48.0 Å². The van der Waals surface area contributed by atoms with Crippen molar-refractivity contribution in [3.63, 3.8) is 0 Å². The molecule has 0 radical (unpaired) electrons. The molecule has 2 aromatic carbocycles. The molecule has 0 saturated heterocycles. The third-order valence-corrected chi connectivity index (χ3v) is 6.31. The normalized spacial score (nSPS) is 15.3. The first-order chi connectivity index (χ1) is 16.8. The zero-order valence-corrected chi connectivity index (χ0v) is 20.7. The Morgan fingerprint density at radius 1 is 1.23 bits per heavy atom. The van der Waals surface area contributed by atoms with Crippen molar-refractivity contribution in [2.75, 3.05) is 18.7 Å². The zero-order valence-electron chi connectivity index (χ0n) is 20.7. The number of nitro benzene ring substituents is 1. The predicted octanol–water partition coefficient (Wildman–Crippen LogP) is 6.86. The number of rotatable bonds is 10. The van der Waals surface area contributed by atoms with Crippen LogP contribution in [-0.4, -0.2) is 30.0 Å². The van der Waals surface area contributed by atoms with Crippen LogP contribution in [0.2, 0.25) is 0 Å². The van der Waals surface area contributed by atoms with Crippen LogP contribution in [-0.2, 0) is 11.2 Å². The average Bonchev–Trinajstić information content (AvgIpc) is 2.84. The van der Waals surface area contributed by atoms with Gasteiger partial charge in [-0.1, -0.05) is 31.4 Å². The minimum absolute atomic E-state index is 0.0226. The van der Waals surface area contributed by atoms with Crippen molar-refractivity contribution in [3.05, 3.63) is 69.3 Å². The molecule has 8 nitrogen and oxygen atoms in total. The van der Waals surface area contributed by atoms with E-state index < -0.39 is 11.0 Å². The Bertz CT molecular complexity index is 1060. The number of benzene rings is 2. The van der Waals surface area contributed by atoms with Gasteiger partial charge in [0.25, 0.3) is 5.69 Å². The number of phenolic OH excluding ortho intramolecular Hbond substituents is 1. The summed E-state index contributed by atoms with van der Waals surface area (Å²) in [6.07, 6.45) is 8.52. The second-order valence-corrected chi connectivity index (χ2v) is 8.94. The van der Waals surface area contributed by atoms with Crippen LogP contribution >= 0.6 is 0 Å². The number of methoxy groups -OCH3 is 1. The molecule has 0 spiro atoms. The molecule has 1 aliphatic rings. The fourth-order valence-corrected chi connectivity index (χ4v) is 4.45. The van der Waals surface area contributed by atoms with E-state index in [1.165, 1.54) is 41.8 Å². The van der Waals surface area contributed by atoms with Crippen molar-refractivity contribution >= 4 is 17.5 Å². The molecule has 0 saturated carbocycles. The predicted molar refractivity (Wildman–Crippen MR) is 135 cm³/mol. The molecule has 0 aromatic heterocycles. The smallest absolute Gasteiger partial charge is 0.416 e. The average molecular weight is 483 g/mol. The van der Waals surface area contributed by atoms with Gasteiger partial charge in [0.15, 0.2) is 6.73 Å². The van der Waals surface area contributed by atoms with Crippen LogP contribution in [0, 0.1) is 10.1 Å². The van der Waals surface area contributed by atoms with Gasteiger partial charge in [0.2, 0.25) is 0 Å². The third-order valence-electron chi connectivity index (χ3n) is 6.31. The Morgan fingerprint density at radius 2 is 1.97 bits per heavy atom. The highest BCUT2D eigenvalue weighted by Gasteiger charge is 2.24. The number of aromatic hydroxyl groups is 1. The number of carbonyl (C=O) groups excluding carboxylic acids is 1. The van der Waals surface area contributed by atoms with Crippen molar-refractivity contribution in [1.82, 2.24) is 0 Å². The molecule has 0 fully saturated rings. The number of amides is 1. The summed E-state index contributed by atoms with van der Waals surface area (Å²) < 4.78 is 11.1. The van der Waals surface area contributed by atoms with E-state index >= 15 is 0 Å². The van der Waals surface area contributed by atoms with Crippen molar-refractivity contribution in [2.45, 2.75) is 64.7 Å². The van der Waals surface area contributed by atoms with Gasteiger partial charge in [0, 0.05) is 23.6 Å². The minimum Gasteiger partial charge on any atom is -0.507 e. The van der Waals surface area contributed by atoms with E-state index in [0.717, 1.165) is 56.1 Å². The number of allylic oxidation sites excluding steroid dienone is 2. The summed E-state index contributed by atoms with van der Waals surface area (Å²) in [5.41, 5.74) is 3.30. The van der Waals surface area contributed by atoms with Gasteiger partial charge in [-0.05, 0) is 68.9 Å². The van der Waals surface area contributed by atoms with Crippen molar-refractivity contribution < 1.29 is 24.3 Å². The van der Waals surface area contributed by atoms with Crippen molar-refractivity contribution in [1.29, 1.82) is 0 Å². The molecule has 3 rings (SSSR count). The fraction of sp³-hybridized carbons (Fsp3) is 0.444. The summed E-state index contributed by atoms with van der Waals surface area (Å²) in [7, 11) is 1.27. The maximum Gasteiger partial charge on any atom is 0.416 e. The number of hydrogen-bond acceptors (Lipinski definition) is 6. The summed E-state index contributed by atoms with van der Waals surface area (Å²) >= 11 is 0. The number of non-ortho nitro benzene ring substituents is 1. The molecule has 2 aromatic rings. The zero-order chi connectivity index (χ0) is 25.4. The van der Waals surface area contributed by atoms with Gasteiger partial charge < -0.3 is 14.6 Å². The largest absolute Gasteiger partial charge is 0.507 e. The Labute approximate surface area is 206 Å². The number of ether oxygens (including phenoxy) is 2. The first-order valence-corrected chi connectivity index (χ1v) is 12.1. The van der Waals surface area contributed by atoms with Crippen LogP contribution in [0.4, 0.5) is 16.2 Å². The quantitative estimate of drug-likeness (QED) is 0.131. The number of carbonyl (C=O) groups is 1. The molecular weight excluding hydrogens is 448 g/mol. The number of nitrogens with zero attached hydrogens (tertiary/aromatic N) is 2. The number of aryl methyl sites for hydroxylation is 1. The molecule has 0 bridgehead atoms. The number of nitro groups is 1. The molecule has 1 unspecified atom stereocenters. The number of hydrogen-bond donors (Lipinski definition) is 1. The molecule has 0 heterocycles. The maximum absolute atomic E-state index is 12.5. The molecular formula is C27H34N2O6. The van der Waals surface area contributed by atoms with E-state index in [0.29, 0.717) is 11.4 Å². The maximum atomic E-state index is 12.5. The van der Waals surface area contributed by atoms with E-state index in [1.54, 1.807) is 0 Å². The van der Waals surface area contributed by atoms with Crippen LogP contribution < -0.4 is 9.64 Å². The van der Waals surface area contributed by atoms with E-state index in [2.05, 4.69) is 19.9 Å². The van der Waals surface area contributed by atoms with Crippen molar-refractivity contribution in [2.24, 2.45) is 0 Å². The Kier molecular flexibility index (Phi) is 9.11. The van der Waals surface area contributed by atoms with Gasteiger partial charge in [-0.15, -0.1) is 0 Å². The highest BCUT2D eigenvalue weighted by Crippen LogP contribution is 2.42. The minimum atomic E-state index is -0.655. The summed E-state index contributed by atoms with van der Waals surface area (Å²) in [6.45, 7) is 4.06. The van der Waals surface area contributed by atoms with Gasteiger partial charge in [0.05, 0.1) is 17.7 Å². The van der Waals surface area contributed by atoms with Gasteiger partial charge in [-0.2, -0.15) is 0 Å². The van der Waals surface area contributed by atoms with Crippen LogP contribution in [0.25, 0.3) is 0 Å². The summed E-state index contributed by atoms with van der Waals surface area (Å²) in [5, 5.41) is 22.0. The lowest BCUT2D eigenvalue weighted by molar-refractivity contribution is -0.384. The molecule has 188 valence electrons. The van der Waals surface area contributed by atoms with E-state index in [9.17, 15) is 20.0 Å². The molecule has 1 N–H and O–H groups in total. The molecule has 8 heteroatoms. The van der Waals surface area contributed by atoms with E-state index in [1.807, 2.05) is 12.1 Å². The number of anilines is 1. The Morgan fingerprint density at radius 3 is 2.60 bits per heavy atom. The molecule has 0 aliphatic heterocycles. The molecule has 35 heavy (non-hydrogen) atoms. The van der Waals surface area contributed by atoms with Gasteiger partial charge >= 0.3 is 6.09 Å². The SMILES string of the molecule is CCCCCc1cc(O)c(C2C=C(C)CCC2)c(OCN(C(=O)OC)c2ccc([N+](=O)[O-])cc2)c1. The lowest BCUT2D eigenvalue weighted by atomic mass is 9.84. The van der Waals surface area contributed by atoms with E-state index in [4.69, 9.17) is 9.47 Å². The van der Waals surface area contributed by atoms with E-state index in [-0.39, 0.29) is 24.1 Å². The highest BCUT2D eigenvalue weighted by atomic mass is 16.6. The molecule has 1 amide bonds.